The van der Waals surface area contributed by atoms with Gasteiger partial charge in [-0.05, 0) is 46.4 Å². The summed E-state index contributed by atoms with van der Waals surface area (Å²) in [6.45, 7) is 16.3. The molecule has 1 aromatic heterocycles. The molecular formula is C26H33N. The summed E-state index contributed by atoms with van der Waals surface area (Å²) in [5.41, 5.74) is 6.38. The van der Waals surface area contributed by atoms with Gasteiger partial charge < -0.3 is 0 Å². The van der Waals surface area contributed by atoms with Crippen LogP contribution in [0.4, 0.5) is 0 Å². The smallest absolute Gasteiger partial charge is 0.0712 e. The van der Waals surface area contributed by atoms with Crippen molar-refractivity contribution in [1.29, 1.82) is 0 Å². The van der Waals surface area contributed by atoms with Crippen molar-refractivity contribution in [3.05, 3.63) is 65.7 Å². The van der Waals surface area contributed by atoms with E-state index < -0.39 is 0 Å². The highest BCUT2D eigenvalue weighted by Crippen LogP contribution is 2.45. The van der Waals surface area contributed by atoms with Gasteiger partial charge in [0, 0.05) is 10.9 Å². The Balaban J connectivity index is 2.24. The molecule has 0 N–H and O–H groups in total. The average molecular weight is 360 g/mol. The quantitative estimate of drug-likeness (QED) is 0.464. The van der Waals surface area contributed by atoms with Gasteiger partial charge >= 0.3 is 0 Å². The SMILES string of the molecule is CCC(C)c1ccc(-c2ccc3ccccc3n2)c(C(C)(C)C(C)(C)C)c1. The van der Waals surface area contributed by atoms with Crippen LogP contribution in [0.5, 0.6) is 0 Å². The third-order valence-corrected chi connectivity index (χ3v) is 6.65. The van der Waals surface area contributed by atoms with E-state index in [2.05, 4.69) is 103 Å². The summed E-state index contributed by atoms with van der Waals surface area (Å²) in [5.74, 6) is 0.568. The molecule has 1 heteroatoms. The molecule has 1 heterocycles. The number of para-hydroxylation sites is 1. The van der Waals surface area contributed by atoms with Crippen molar-refractivity contribution >= 4 is 10.9 Å². The molecule has 3 aromatic rings. The number of hydrogen-bond donors (Lipinski definition) is 0. The molecule has 0 spiro atoms. The zero-order valence-corrected chi connectivity index (χ0v) is 17.9. The van der Waals surface area contributed by atoms with Gasteiger partial charge in [0.25, 0.3) is 0 Å². The second-order valence-corrected chi connectivity index (χ2v) is 9.38. The Morgan fingerprint density at radius 3 is 2.26 bits per heavy atom. The molecule has 1 unspecified atom stereocenters. The normalized spacial score (nSPS) is 13.7. The molecule has 1 nitrogen and oxygen atoms in total. The molecule has 0 bridgehead atoms. The molecule has 27 heavy (non-hydrogen) atoms. The minimum atomic E-state index is 0.0269. The Hall–Kier alpha value is -2.15. The van der Waals surface area contributed by atoms with Gasteiger partial charge in [-0.25, -0.2) is 4.98 Å². The number of benzene rings is 2. The summed E-state index contributed by atoms with van der Waals surface area (Å²) in [4.78, 5) is 5.00. The summed E-state index contributed by atoms with van der Waals surface area (Å²) < 4.78 is 0. The zero-order chi connectivity index (χ0) is 19.8. The second kappa shape index (κ2) is 7.11. The Labute approximate surface area is 164 Å². The lowest BCUT2D eigenvalue weighted by Crippen LogP contribution is -2.34. The van der Waals surface area contributed by atoms with Gasteiger partial charge in [-0.15, -0.1) is 0 Å². The largest absolute Gasteiger partial charge is 0.248 e. The van der Waals surface area contributed by atoms with Crippen molar-refractivity contribution in [3.8, 4) is 11.3 Å². The maximum absolute atomic E-state index is 5.00. The molecule has 2 aromatic carbocycles. The fourth-order valence-electron chi connectivity index (χ4n) is 3.46. The Morgan fingerprint density at radius 1 is 0.889 bits per heavy atom. The van der Waals surface area contributed by atoms with E-state index in [1.807, 2.05) is 0 Å². The predicted molar refractivity (Wildman–Crippen MR) is 118 cm³/mol. The Morgan fingerprint density at radius 2 is 1.59 bits per heavy atom. The number of aromatic nitrogens is 1. The van der Waals surface area contributed by atoms with Crippen molar-refractivity contribution in [2.75, 3.05) is 0 Å². The maximum atomic E-state index is 5.00. The highest BCUT2D eigenvalue weighted by Gasteiger charge is 2.36. The highest BCUT2D eigenvalue weighted by atomic mass is 14.7. The zero-order valence-electron chi connectivity index (χ0n) is 17.9. The monoisotopic (exact) mass is 359 g/mol. The van der Waals surface area contributed by atoms with Crippen molar-refractivity contribution in [2.45, 2.75) is 66.2 Å². The van der Waals surface area contributed by atoms with E-state index in [1.165, 1.54) is 22.1 Å². The molecule has 0 fully saturated rings. The fourth-order valence-corrected chi connectivity index (χ4v) is 3.46. The van der Waals surface area contributed by atoms with Crippen LogP contribution in [-0.4, -0.2) is 4.98 Å². The van der Waals surface area contributed by atoms with Crippen LogP contribution in [0, 0.1) is 5.41 Å². The van der Waals surface area contributed by atoms with Crippen LogP contribution < -0.4 is 0 Å². The molecule has 1 atom stereocenters. The van der Waals surface area contributed by atoms with E-state index in [0.717, 1.165) is 17.6 Å². The van der Waals surface area contributed by atoms with Gasteiger partial charge in [0.05, 0.1) is 11.2 Å². The van der Waals surface area contributed by atoms with E-state index in [1.54, 1.807) is 0 Å². The van der Waals surface area contributed by atoms with Crippen LogP contribution in [0.3, 0.4) is 0 Å². The fraction of sp³-hybridized carbons (Fsp3) is 0.423. The average Bonchev–Trinajstić information content (AvgIpc) is 2.65. The van der Waals surface area contributed by atoms with Crippen LogP contribution >= 0.6 is 0 Å². The topological polar surface area (TPSA) is 12.9 Å². The lowest BCUT2D eigenvalue weighted by Gasteiger charge is -2.41. The van der Waals surface area contributed by atoms with Crippen molar-refractivity contribution in [3.63, 3.8) is 0 Å². The number of nitrogens with zero attached hydrogens (tertiary/aromatic N) is 1. The minimum absolute atomic E-state index is 0.0269. The molecule has 0 saturated heterocycles. The first-order valence-electron chi connectivity index (χ1n) is 10.2. The van der Waals surface area contributed by atoms with Crippen LogP contribution in [0.15, 0.2) is 54.6 Å². The van der Waals surface area contributed by atoms with E-state index >= 15 is 0 Å². The van der Waals surface area contributed by atoms with Gasteiger partial charge in [-0.2, -0.15) is 0 Å². The molecular weight excluding hydrogens is 326 g/mol. The highest BCUT2D eigenvalue weighted by molar-refractivity contribution is 5.82. The van der Waals surface area contributed by atoms with Gasteiger partial charge in [-0.3, -0.25) is 0 Å². The van der Waals surface area contributed by atoms with E-state index in [0.29, 0.717) is 5.92 Å². The van der Waals surface area contributed by atoms with Crippen molar-refractivity contribution in [1.82, 2.24) is 4.98 Å². The first kappa shape index (κ1) is 19.6. The number of pyridine rings is 1. The van der Waals surface area contributed by atoms with Crippen molar-refractivity contribution < 1.29 is 0 Å². The minimum Gasteiger partial charge on any atom is -0.248 e. The third kappa shape index (κ3) is 3.65. The molecule has 142 valence electrons. The van der Waals surface area contributed by atoms with E-state index in [-0.39, 0.29) is 10.8 Å². The summed E-state index contributed by atoms with van der Waals surface area (Å²) in [7, 11) is 0. The summed E-state index contributed by atoms with van der Waals surface area (Å²) in [6.07, 6.45) is 1.16. The first-order valence-corrected chi connectivity index (χ1v) is 10.2. The molecule has 0 saturated carbocycles. The van der Waals surface area contributed by atoms with Crippen LogP contribution in [0.2, 0.25) is 0 Å². The lowest BCUT2D eigenvalue weighted by molar-refractivity contribution is 0.226. The summed E-state index contributed by atoms with van der Waals surface area (Å²) in [6, 6.07) is 19.7. The van der Waals surface area contributed by atoms with Crippen LogP contribution in [0.1, 0.15) is 71.9 Å². The Kier molecular flexibility index (Phi) is 5.16. The maximum Gasteiger partial charge on any atom is 0.0712 e. The second-order valence-electron chi connectivity index (χ2n) is 9.38. The van der Waals surface area contributed by atoms with Gasteiger partial charge in [-0.1, -0.05) is 90.9 Å². The van der Waals surface area contributed by atoms with Gasteiger partial charge in [0.1, 0.15) is 0 Å². The molecule has 0 aliphatic carbocycles. The molecule has 0 aliphatic heterocycles. The lowest BCUT2D eigenvalue weighted by atomic mass is 9.63. The molecule has 0 amide bonds. The number of rotatable bonds is 4. The van der Waals surface area contributed by atoms with Crippen molar-refractivity contribution in [2.24, 2.45) is 5.41 Å². The van der Waals surface area contributed by atoms with Gasteiger partial charge in [0.2, 0.25) is 0 Å². The summed E-state index contributed by atoms with van der Waals surface area (Å²) >= 11 is 0. The van der Waals surface area contributed by atoms with Crippen LogP contribution in [-0.2, 0) is 5.41 Å². The van der Waals surface area contributed by atoms with Gasteiger partial charge in [0.15, 0.2) is 0 Å². The number of hydrogen-bond acceptors (Lipinski definition) is 1. The number of fused-ring (bicyclic) bond motifs is 1. The van der Waals surface area contributed by atoms with E-state index in [4.69, 9.17) is 4.98 Å². The van der Waals surface area contributed by atoms with Crippen LogP contribution in [0.25, 0.3) is 22.2 Å². The van der Waals surface area contributed by atoms with E-state index in [9.17, 15) is 0 Å². The Bertz CT molecular complexity index is 944. The molecule has 0 aliphatic rings. The summed E-state index contributed by atoms with van der Waals surface area (Å²) in [5, 5.41) is 1.19. The molecule has 3 rings (SSSR count). The molecule has 0 radical (unpaired) electrons. The third-order valence-electron chi connectivity index (χ3n) is 6.65. The standard InChI is InChI=1S/C26H33N/c1-8-18(2)20-13-15-21(22(17-20)26(6,7)25(3,4)5)24-16-14-19-11-9-10-12-23(19)27-24/h9-18H,8H2,1-7H3. The predicted octanol–water partition coefficient (Wildman–Crippen LogP) is 7.74. The first-order chi connectivity index (χ1) is 12.6.